The third-order valence-electron chi connectivity index (χ3n) is 4.34. The van der Waals surface area contributed by atoms with Crippen LogP contribution in [0.25, 0.3) is 0 Å². The van der Waals surface area contributed by atoms with E-state index in [4.69, 9.17) is 11.6 Å². The zero-order chi connectivity index (χ0) is 16.7. The minimum absolute atomic E-state index is 0.0444. The molecule has 2 amide bonds. The minimum atomic E-state index is 0.0444. The first-order chi connectivity index (χ1) is 11.1. The molecule has 0 unspecified atom stereocenters. The second-order valence-electron chi connectivity index (χ2n) is 5.71. The number of nitrogens with zero attached hydrogens (tertiary/aromatic N) is 3. The number of likely N-dealkylation sites (N-methyl/N-ethyl adjacent to an activating group) is 1. The summed E-state index contributed by atoms with van der Waals surface area (Å²) in [6.07, 6.45) is 0. The minimum Gasteiger partial charge on any atom is -0.368 e. The Bertz CT molecular complexity index is 499. The van der Waals surface area contributed by atoms with Crippen molar-refractivity contribution in [3.63, 3.8) is 0 Å². The number of carbonyl (C=O) groups excluding carboxylic acids is 1. The molecule has 1 aliphatic rings. The van der Waals surface area contributed by atoms with Gasteiger partial charge in [0, 0.05) is 50.0 Å². The van der Waals surface area contributed by atoms with E-state index in [1.54, 1.807) is 0 Å². The van der Waals surface area contributed by atoms with Gasteiger partial charge in [0.15, 0.2) is 0 Å². The SMILES string of the molecule is CCN(CC)CCNC(=O)N1CCN(c2cccc(Cl)c2)CC1. The lowest BCUT2D eigenvalue weighted by atomic mass is 10.2. The first-order valence-corrected chi connectivity index (χ1v) is 8.77. The fraction of sp³-hybridized carbons (Fsp3) is 0.588. The lowest BCUT2D eigenvalue weighted by Crippen LogP contribution is -2.52. The van der Waals surface area contributed by atoms with E-state index in [0.717, 1.165) is 56.5 Å². The Kier molecular flexibility index (Phi) is 6.99. The first-order valence-electron chi connectivity index (χ1n) is 8.39. The van der Waals surface area contributed by atoms with Gasteiger partial charge in [-0.3, -0.25) is 0 Å². The van der Waals surface area contributed by atoms with E-state index < -0.39 is 0 Å². The molecule has 0 saturated carbocycles. The quantitative estimate of drug-likeness (QED) is 0.866. The molecule has 6 heteroatoms. The number of urea groups is 1. The lowest BCUT2D eigenvalue weighted by molar-refractivity contribution is 0.192. The fourth-order valence-corrected chi connectivity index (χ4v) is 3.00. The number of piperazine rings is 1. The smallest absolute Gasteiger partial charge is 0.317 e. The molecule has 1 aromatic rings. The van der Waals surface area contributed by atoms with Crippen molar-refractivity contribution in [1.82, 2.24) is 15.1 Å². The highest BCUT2D eigenvalue weighted by Gasteiger charge is 2.21. The van der Waals surface area contributed by atoms with Crippen LogP contribution in [0.5, 0.6) is 0 Å². The predicted octanol–water partition coefficient (Wildman–Crippen LogP) is 2.51. The number of rotatable bonds is 6. The molecule has 0 atom stereocenters. The molecule has 1 fully saturated rings. The molecule has 0 spiro atoms. The molecular weight excluding hydrogens is 312 g/mol. The molecule has 128 valence electrons. The summed E-state index contributed by atoms with van der Waals surface area (Å²) >= 11 is 6.04. The van der Waals surface area contributed by atoms with E-state index in [2.05, 4.69) is 35.0 Å². The highest BCUT2D eigenvalue weighted by atomic mass is 35.5. The van der Waals surface area contributed by atoms with E-state index in [1.807, 2.05) is 23.1 Å². The normalized spacial score (nSPS) is 15.1. The molecule has 0 bridgehead atoms. The van der Waals surface area contributed by atoms with Gasteiger partial charge in [-0.05, 0) is 31.3 Å². The Labute approximate surface area is 144 Å². The highest BCUT2D eigenvalue weighted by Crippen LogP contribution is 2.20. The van der Waals surface area contributed by atoms with Crippen LogP contribution in [0.15, 0.2) is 24.3 Å². The number of halogens is 1. The van der Waals surface area contributed by atoms with Crippen molar-refractivity contribution in [1.29, 1.82) is 0 Å². The summed E-state index contributed by atoms with van der Waals surface area (Å²) in [6, 6.07) is 7.92. The number of benzene rings is 1. The van der Waals surface area contributed by atoms with Gasteiger partial charge < -0.3 is 20.0 Å². The summed E-state index contributed by atoms with van der Waals surface area (Å²) in [5.41, 5.74) is 1.12. The van der Waals surface area contributed by atoms with Gasteiger partial charge in [-0.2, -0.15) is 0 Å². The van der Waals surface area contributed by atoms with Gasteiger partial charge in [-0.15, -0.1) is 0 Å². The second-order valence-corrected chi connectivity index (χ2v) is 6.15. The van der Waals surface area contributed by atoms with E-state index in [1.165, 1.54) is 0 Å². The largest absolute Gasteiger partial charge is 0.368 e. The third-order valence-corrected chi connectivity index (χ3v) is 4.57. The van der Waals surface area contributed by atoms with Gasteiger partial charge in [0.05, 0.1) is 0 Å². The number of amides is 2. The van der Waals surface area contributed by atoms with Gasteiger partial charge in [-0.1, -0.05) is 31.5 Å². The first kappa shape index (κ1) is 17.9. The molecule has 1 saturated heterocycles. The van der Waals surface area contributed by atoms with Crippen LogP contribution in [0.1, 0.15) is 13.8 Å². The Morgan fingerprint density at radius 1 is 1.22 bits per heavy atom. The van der Waals surface area contributed by atoms with Crippen molar-refractivity contribution in [2.45, 2.75) is 13.8 Å². The maximum Gasteiger partial charge on any atom is 0.317 e. The Hall–Kier alpha value is -1.46. The summed E-state index contributed by atoms with van der Waals surface area (Å²) in [4.78, 5) is 18.7. The Morgan fingerprint density at radius 3 is 2.52 bits per heavy atom. The predicted molar refractivity (Wildman–Crippen MR) is 96.4 cm³/mol. The molecule has 1 N–H and O–H groups in total. The van der Waals surface area contributed by atoms with Crippen LogP contribution in [0.3, 0.4) is 0 Å². The van der Waals surface area contributed by atoms with Crippen LogP contribution in [0, 0.1) is 0 Å². The molecule has 0 aromatic heterocycles. The zero-order valence-electron chi connectivity index (χ0n) is 14.1. The van der Waals surface area contributed by atoms with Crippen LogP contribution >= 0.6 is 11.6 Å². The maximum atomic E-state index is 12.2. The Morgan fingerprint density at radius 2 is 1.91 bits per heavy atom. The van der Waals surface area contributed by atoms with Crippen molar-refractivity contribution in [3.8, 4) is 0 Å². The van der Waals surface area contributed by atoms with Gasteiger partial charge in [-0.25, -0.2) is 4.79 Å². The van der Waals surface area contributed by atoms with Crippen LogP contribution in [-0.2, 0) is 0 Å². The van der Waals surface area contributed by atoms with Crippen molar-refractivity contribution in [2.75, 3.05) is 57.3 Å². The molecule has 1 heterocycles. The average molecular weight is 339 g/mol. The van der Waals surface area contributed by atoms with E-state index in [0.29, 0.717) is 6.54 Å². The molecule has 2 rings (SSSR count). The zero-order valence-corrected chi connectivity index (χ0v) is 14.9. The van der Waals surface area contributed by atoms with Gasteiger partial charge >= 0.3 is 6.03 Å². The van der Waals surface area contributed by atoms with Crippen LogP contribution in [-0.4, -0.2) is 68.2 Å². The summed E-state index contributed by atoms with van der Waals surface area (Å²) < 4.78 is 0. The number of hydrogen-bond donors (Lipinski definition) is 1. The number of anilines is 1. The van der Waals surface area contributed by atoms with Gasteiger partial charge in [0.1, 0.15) is 0 Å². The van der Waals surface area contributed by atoms with Crippen molar-refractivity contribution < 1.29 is 4.79 Å². The van der Waals surface area contributed by atoms with Gasteiger partial charge in [0.25, 0.3) is 0 Å². The molecule has 23 heavy (non-hydrogen) atoms. The van der Waals surface area contributed by atoms with Gasteiger partial charge in [0.2, 0.25) is 0 Å². The summed E-state index contributed by atoms with van der Waals surface area (Å²) in [5.74, 6) is 0. The van der Waals surface area contributed by atoms with Crippen molar-refractivity contribution in [3.05, 3.63) is 29.3 Å². The van der Waals surface area contributed by atoms with E-state index in [9.17, 15) is 4.79 Å². The maximum absolute atomic E-state index is 12.2. The van der Waals surface area contributed by atoms with Crippen LogP contribution < -0.4 is 10.2 Å². The van der Waals surface area contributed by atoms with E-state index >= 15 is 0 Å². The second kappa shape index (κ2) is 8.99. The summed E-state index contributed by atoms with van der Waals surface area (Å²) in [5, 5.41) is 3.77. The Balaban J connectivity index is 1.74. The molecule has 0 radical (unpaired) electrons. The summed E-state index contributed by atoms with van der Waals surface area (Å²) in [6.45, 7) is 11.1. The molecule has 1 aliphatic heterocycles. The lowest BCUT2D eigenvalue weighted by Gasteiger charge is -2.36. The number of carbonyl (C=O) groups is 1. The number of hydrogen-bond acceptors (Lipinski definition) is 3. The van der Waals surface area contributed by atoms with Crippen molar-refractivity contribution in [2.24, 2.45) is 0 Å². The molecule has 5 nitrogen and oxygen atoms in total. The highest BCUT2D eigenvalue weighted by molar-refractivity contribution is 6.30. The fourth-order valence-electron chi connectivity index (χ4n) is 2.81. The summed E-state index contributed by atoms with van der Waals surface area (Å²) in [7, 11) is 0. The van der Waals surface area contributed by atoms with Crippen LogP contribution in [0.2, 0.25) is 5.02 Å². The molecule has 1 aromatic carbocycles. The average Bonchev–Trinajstić information content (AvgIpc) is 2.59. The van der Waals surface area contributed by atoms with E-state index in [-0.39, 0.29) is 6.03 Å². The standard InChI is InChI=1S/C17H27ClN4O/c1-3-20(4-2)9-8-19-17(23)22-12-10-21(11-13-22)16-7-5-6-15(18)14-16/h5-7,14H,3-4,8-13H2,1-2H3,(H,19,23). The third kappa shape index (κ3) is 5.29. The van der Waals surface area contributed by atoms with Crippen LogP contribution in [0.4, 0.5) is 10.5 Å². The molecular formula is C17H27ClN4O. The molecule has 0 aliphatic carbocycles. The van der Waals surface area contributed by atoms with Crippen molar-refractivity contribution >= 4 is 23.3 Å². The number of nitrogens with one attached hydrogen (secondary N) is 1. The monoisotopic (exact) mass is 338 g/mol. The topological polar surface area (TPSA) is 38.8 Å².